The van der Waals surface area contributed by atoms with Crippen LogP contribution < -0.4 is 5.32 Å². The summed E-state index contributed by atoms with van der Waals surface area (Å²) in [4.78, 5) is 18.9. The van der Waals surface area contributed by atoms with Gasteiger partial charge in [-0.25, -0.2) is 0 Å². The van der Waals surface area contributed by atoms with Crippen molar-refractivity contribution in [1.82, 2.24) is 15.2 Å². The van der Waals surface area contributed by atoms with Crippen molar-refractivity contribution in [1.29, 1.82) is 0 Å². The van der Waals surface area contributed by atoms with Gasteiger partial charge < -0.3 is 5.32 Å². The number of benzene rings is 1. The number of amides is 1. The molecule has 3 rings (SSSR count). The van der Waals surface area contributed by atoms with Crippen molar-refractivity contribution in [2.24, 2.45) is 0 Å². The predicted molar refractivity (Wildman–Crippen MR) is 86.4 cm³/mol. The summed E-state index contributed by atoms with van der Waals surface area (Å²) >= 11 is 0. The molecule has 1 amide bonds. The number of nitrogens with zero attached hydrogens (tertiary/aromatic N) is 2. The third-order valence-electron chi connectivity index (χ3n) is 4.07. The molecule has 1 aliphatic rings. The van der Waals surface area contributed by atoms with Crippen LogP contribution in [0.25, 0.3) is 0 Å². The van der Waals surface area contributed by atoms with Crippen molar-refractivity contribution in [2.45, 2.75) is 25.4 Å². The molecule has 1 aliphatic heterocycles. The van der Waals surface area contributed by atoms with Gasteiger partial charge in [-0.3, -0.25) is 14.7 Å². The van der Waals surface area contributed by atoms with Gasteiger partial charge in [0.25, 0.3) is 5.91 Å². The van der Waals surface area contributed by atoms with Crippen LogP contribution in [0.1, 0.15) is 28.9 Å². The molecule has 2 aromatic rings. The van der Waals surface area contributed by atoms with Crippen molar-refractivity contribution in [3.05, 3.63) is 66.0 Å². The largest absolute Gasteiger partial charge is 0.349 e. The molecule has 0 saturated carbocycles. The van der Waals surface area contributed by atoms with Gasteiger partial charge in [0.1, 0.15) is 0 Å². The van der Waals surface area contributed by atoms with Crippen LogP contribution in [-0.2, 0) is 6.54 Å². The van der Waals surface area contributed by atoms with E-state index in [4.69, 9.17) is 0 Å². The summed E-state index contributed by atoms with van der Waals surface area (Å²) in [6, 6.07) is 15.7. The van der Waals surface area contributed by atoms with Crippen molar-refractivity contribution < 1.29 is 4.79 Å². The average Bonchev–Trinajstić information content (AvgIpc) is 2.58. The smallest absolute Gasteiger partial charge is 0.251 e. The highest BCUT2D eigenvalue weighted by Gasteiger charge is 2.21. The molecular formula is C18H21N3O. The van der Waals surface area contributed by atoms with Gasteiger partial charge in [0.2, 0.25) is 0 Å². The molecule has 0 bridgehead atoms. The number of aromatic nitrogens is 1. The summed E-state index contributed by atoms with van der Waals surface area (Å²) in [6.45, 7) is 2.88. The van der Waals surface area contributed by atoms with E-state index in [1.807, 2.05) is 48.7 Å². The van der Waals surface area contributed by atoms with Gasteiger partial charge in [-0.15, -0.1) is 0 Å². The number of rotatable bonds is 4. The maximum absolute atomic E-state index is 12.2. The van der Waals surface area contributed by atoms with E-state index in [2.05, 4.69) is 21.3 Å². The molecular weight excluding hydrogens is 274 g/mol. The average molecular weight is 295 g/mol. The zero-order valence-electron chi connectivity index (χ0n) is 12.6. The lowest BCUT2D eigenvalue weighted by molar-refractivity contribution is 0.0908. The highest BCUT2D eigenvalue weighted by atomic mass is 16.1. The van der Waals surface area contributed by atoms with E-state index >= 15 is 0 Å². The standard InChI is InChI=1S/C18H21N3O/c22-18(15-6-2-1-3-7-15)20-16-9-12-21(13-10-16)14-17-8-4-5-11-19-17/h1-8,11,16H,9-10,12-14H2,(H,20,22). The highest BCUT2D eigenvalue weighted by Crippen LogP contribution is 2.13. The Kier molecular flexibility index (Phi) is 4.81. The molecule has 4 heteroatoms. The van der Waals surface area contributed by atoms with Gasteiger partial charge in [0.05, 0.1) is 5.69 Å². The molecule has 0 unspecified atom stereocenters. The van der Waals surface area contributed by atoms with E-state index in [1.54, 1.807) is 0 Å². The zero-order valence-corrected chi connectivity index (χ0v) is 12.6. The molecule has 1 fully saturated rings. The van der Waals surface area contributed by atoms with Gasteiger partial charge in [-0.1, -0.05) is 24.3 Å². The molecule has 1 saturated heterocycles. The Balaban J connectivity index is 1.47. The molecule has 0 radical (unpaired) electrons. The summed E-state index contributed by atoms with van der Waals surface area (Å²) in [7, 11) is 0. The molecule has 22 heavy (non-hydrogen) atoms. The lowest BCUT2D eigenvalue weighted by atomic mass is 10.0. The molecule has 114 valence electrons. The van der Waals surface area contributed by atoms with Gasteiger partial charge in [0, 0.05) is 37.4 Å². The second kappa shape index (κ2) is 7.18. The Labute approximate surface area is 131 Å². The fourth-order valence-corrected chi connectivity index (χ4v) is 2.81. The number of carbonyl (C=O) groups is 1. The zero-order chi connectivity index (χ0) is 15.2. The van der Waals surface area contributed by atoms with Gasteiger partial charge in [-0.2, -0.15) is 0 Å². The molecule has 1 aromatic carbocycles. The van der Waals surface area contributed by atoms with Gasteiger partial charge >= 0.3 is 0 Å². The maximum Gasteiger partial charge on any atom is 0.251 e. The van der Waals surface area contributed by atoms with E-state index in [0.717, 1.165) is 43.7 Å². The topological polar surface area (TPSA) is 45.2 Å². The number of nitrogens with one attached hydrogen (secondary N) is 1. The van der Waals surface area contributed by atoms with Crippen LogP contribution in [0.2, 0.25) is 0 Å². The summed E-state index contributed by atoms with van der Waals surface area (Å²) in [5.74, 6) is 0.0313. The minimum atomic E-state index is 0.0313. The van der Waals surface area contributed by atoms with Crippen molar-refractivity contribution in [3.8, 4) is 0 Å². The molecule has 0 atom stereocenters. The van der Waals surface area contributed by atoms with E-state index in [1.165, 1.54) is 0 Å². The summed E-state index contributed by atoms with van der Waals surface area (Å²) < 4.78 is 0. The fraction of sp³-hybridized carbons (Fsp3) is 0.333. The SMILES string of the molecule is O=C(NC1CCN(Cc2ccccn2)CC1)c1ccccc1. The Morgan fingerprint density at radius 1 is 1.09 bits per heavy atom. The molecule has 2 heterocycles. The Morgan fingerprint density at radius 2 is 1.82 bits per heavy atom. The number of hydrogen-bond acceptors (Lipinski definition) is 3. The molecule has 1 N–H and O–H groups in total. The van der Waals surface area contributed by atoms with E-state index in [-0.39, 0.29) is 11.9 Å². The van der Waals surface area contributed by atoms with Crippen molar-refractivity contribution >= 4 is 5.91 Å². The third-order valence-corrected chi connectivity index (χ3v) is 4.07. The van der Waals surface area contributed by atoms with E-state index in [9.17, 15) is 4.79 Å². The second-order valence-corrected chi connectivity index (χ2v) is 5.71. The van der Waals surface area contributed by atoms with Crippen LogP contribution in [0.4, 0.5) is 0 Å². The van der Waals surface area contributed by atoms with Crippen LogP contribution in [0, 0.1) is 0 Å². The predicted octanol–water partition coefficient (Wildman–Crippen LogP) is 2.48. The first-order chi connectivity index (χ1) is 10.8. The molecule has 0 spiro atoms. The molecule has 4 nitrogen and oxygen atoms in total. The Hall–Kier alpha value is -2.20. The lowest BCUT2D eigenvalue weighted by Gasteiger charge is -2.32. The van der Waals surface area contributed by atoms with E-state index in [0.29, 0.717) is 0 Å². The first kappa shape index (κ1) is 14.7. The quantitative estimate of drug-likeness (QED) is 0.942. The van der Waals surface area contributed by atoms with Gasteiger partial charge in [0.15, 0.2) is 0 Å². The minimum absolute atomic E-state index is 0.0313. The first-order valence-corrected chi connectivity index (χ1v) is 7.79. The van der Waals surface area contributed by atoms with Crippen molar-refractivity contribution in [2.75, 3.05) is 13.1 Å². The Morgan fingerprint density at radius 3 is 2.50 bits per heavy atom. The monoisotopic (exact) mass is 295 g/mol. The summed E-state index contributed by atoms with van der Waals surface area (Å²) in [5, 5.41) is 3.14. The normalized spacial score (nSPS) is 16.4. The van der Waals surface area contributed by atoms with Crippen LogP contribution in [0.15, 0.2) is 54.7 Å². The van der Waals surface area contributed by atoms with Crippen LogP contribution >= 0.6 is 0 Å². The van der Waals surface area contributed by atoms with Crippen LogP contribution in [0.3, 0.4) is 0 Å². The number of piperidine rings is 1. The summed E-state index contributed by atoms with van der Waals surface area (Å²) in [6.07, 6.45) is 3.82. The third kappa shape index (κ3) is 3.92. The van der Waals surface area contributed by atoms with Gasteiger partial charge in [-0.05, 0) is 37.1 Å². The molecule has 1 aromatic heterocycles. The Bertz CT molecular complexity index is 592. The first-order valence-electron chi connectivity index (χ1n) is 7.79. The highest BCUT2D eigenvalue weighted by molar-refractivity contribution is 5.94. The van der Waals surface area contributed by atoms with Crippen LogP contribution in [0.5, 0.6) is 0 Å². The molecule has 0 aliphatic carbocycles. The number of pyridine rings is 1. The van der Waals surface area contributed by atoms with E-state index < -0.39 is 0 Å². The fourth-order valence-electron chi connectivity index (χ4n) is 2.81. The number of hydrogen-bond donors (Lipinski definition) is 1. The number of likely N-dealkylation sites (tertiary alicyclic amines) is 1. The lowest BCUT2D eigenvalue weighted by Crippen LogP contribution is -2.44. The summed E-state index contributed by atoms with van der Waals surface area (Å²) in [5.41, 5.74) is 1.84. The second-order valence-electron chi connectivity index (χ2n) is 5.71. The maximum atomic E-state index is 12.2. The van der Waals surface area contributed by atoms with Crippen LogP contribution in [-0.4, -0.2) is 34.9 Å². The van der Waals surface area contributed by atoms with Crippen molar-refractivity contribution in [3.63, 3.8) is 0 Å². The number of carbonyl (C=O) groups excluding carboxylic acids is 1. The minimum Gasteiger partial charge on any atom is -0.349 e.